The van der Waals surface area contributed by atoms with Gasteiger partial charge in [0, 0.05) is 31.5 Å². The molecule has 3 heteroatoms. The average molecular weight is 255 g/mol. The summed E-state index contributed by atoms with van der Waals surface area (Å²) >= 11 is 0. The van der Waals surface area contributed by atoms with Crippen LogP contribution in [0.2, 0.25) is 0 Å². The number of anilines is 2. The maximum absolute atomic E-state index is 4.29. The van der Waals surface area contributed by atoms with Crippen LogP contribution in [-0.2, 0) is 0 Å². The van der Waals surface area contributed by atoms with Gasteiger partial charge in [-0.15, -0.1) is 0 Å². The number of nitrogens with zero attached hydrogens (tertiary/aromatic N) is 2. The van der Waals surface area contributed by atoms with Crippen LogP contribution in [0.1, 0.15) is 24.2 Å². The predicted octanol–water partition coefficient (Wildman–Crippen LogP) is 3.63. The highest BCUT2D eigenvalue weighted by atomic mass is 15.1. The lowest BCUT2D eigenvalue weighted by Gasteiger charge is -2.17. The fourth-order valence-corrected chi connectivity index (χ4v) is 1.95. The fourth-order valence-electron chi connectivity index (χ4n) is 1.95. The Hall–Kier alpha value is -2.03. The summed E-state index contributed by atoms with van der Waals surface area (Å²) in [6.45, 7) is 4.15. The van der Waals surface area contributed by atoms with Gasteiger partial charge in [-0.2, -0.15) is 0 Å². The van der Waals surface area contributed by atoms with Crippen molar-refractivity contribution in [2.24, 2.45) is 0 Å². The summed E-state index contributed by atoms with van der Waals surface area (Å²) in [6, 6.07) is 12.9. The normalized spacial score (nSPS) is 12.0. The first-order valence-corrected chi connectivity index (χ1v) is 6.53. The molecular formula is C16H21N3. The van der Waals surface area contributed by atoms with E-state index in [9.17, 15) is 0 Å². The molecule has 0 fully saturated rings. The molecule has 0 saturated heterocycles. The van der Waals surface area contributed by atoms with Gasteiger partial charge in [0.1, 0.15) is 0 Å². The zero-order valence-corrected chi connectivity index (χ0v) is 12.0. The van der Waals surface area contributed by atoms with Crippen LogP contribution in [0.4, 0.5) is 11.4 Å². The molecule has 0 saturated carbocycles. The standard InChI is InChI=1S/C16H21N3/c1-12-5-8-15(11-17-12)18-13(2)14-6-9-16(10-7-14)19(3)4/h5-11,13,18H,1-4H3. The van der Waals surface area contributed by atoms with Gasteiger partial charge in [-0.3, -0.25) is 4.98 Å². The van der Waals surface area contributed by atoms with E-state index in [1.807, 2.05) is 19.2 Å². The summed E-state index contributed by atoms with van der Waals surface area (Å²) < 4.78 is 0. The topological polar surface area (TPSA) is 28.2 Å². The number of rotatable bonds is 4. The lowest BCUT2D eigenvalue weighted by molar-refractivity contribution is 0.881. The molecule has 1 unspecified atom stereocenters. The molecule has 0 aliphatic carbocycles. The van der Waals surface area contributed by atoms with E-state index in [1.165, 1.54) is 11.3 Å². The number of pyridine rings is 1. The Labute approximate surface area is 115 Å². The smallest absolute Gasteiger partial charge is 0.0531 e. The van der Waals surface area contributed by atoms with Crippen molar-refractivity contribution in [1.82, 2.24) is 4.98 Å². The van der Waals surface area contributed by atoms with Crippen LogP contribution >= 0.6 is 0 Å². The van der Waals surface area contributed by atoms with Crippen molar-refractivity contribution in [2.75, 3.05) is 24.3 Å². The second-order valence-corrected chi connectivity index (χ2v) is 5.04. The molecule has 0 spiro atoms. The Bertz CT molecular complexity index is 515. The van der Waals surface area contributed by atoms with Crippen LogP contribution < -0.4 is 10.2 Å². The minimum absolute atomic E-state index is 0.265. The molecule has 1 N–H and O–H groups in total. The van der Waals surface area contributed by atoms with Crippen molar-refractivity contribution in [2.45, 2.75) is 19.9 Å². The molecule has 2 rings (SSSR count). The SMILES string of the molecule is Cc1ccc(NC(C)c2ccc(N(C)C)cc2)cn1. The number of hydrogen-bond acceptors (Lipinski definition) is 3. The minimum Gasteiger partial charge on any atom is -0.378 e. The molecule has 0 aliphatic rings. The minimum atomic E-state index is 0.265. The molecule has 1 aromatic heterocycles. The van der Waals surface area contributed by atoms with Gasteiger partial charge in [-0.05, 0) is 43.7 Å². The summed E-state index contributed by atoms with van der Waals surface area (Å²) in [5.41, 5.74) is 4.57. The first-order valence-electron chi connectivity index (χ1n) is 6.53. The maximum atomic E-state index is 4.29. The Morgan fingerprint density at radius 2 is 1.74 bits per heavy atom. The molecule has 0 aliphatic heterocycles. The highest BCUT2D eigenvalue weighted by Crippen LogP contribution is 2.21. The number of aromatic nitrogens is 1. The molecule has 0 amide bonds. The lowest BCUT2D eigenvalue weighted by atomic mass is 10.1. The summed E-state index contributed by atoms with van der Waals surface area (Å²) in [7, 11) is 4.10. The number of nitrogens with one attached hydrogen (secondary N) is 1. The van der Waals surface area contributed by atoms with E-state index in [0.29, 0.717) is 0 Å². The Morgan fingerprint density at radius 1 is 1.05 bits per heavy atom. The van der Waals surface area contributed by atoms with E-state index in [-0.39, 0.29) is 6.04 Å². The quantitative estimate of drug-likeness (QED) is 0.904. The van der Waals surface area contributed by atoms with Crippen LogP contribution in [-0.4, -0.2) is 19.1 Å². The first-order chi connectivity index (χ1) is 9.06. The summed E-state index contributed by atoms with van der Waals surface area (Å²) in [5, 5.41) is 3.46. The summed E-state index contributed by atoms with van der Waals surface area (Å²) in [6.07, 6.45) is 1.88. The average Bonchev–Trinajstić information content (AvgIpc) is 2.41. The van der Waals surface area contributed by atoms with Crippen LogP contribution in [0.25, 0.3) is 0 Å². The van der Waals surface area contributed by atoms with E-state index in [0.717, 1.165) is 11.4 Å². The monoisotopic (exact) mass is 255 g/mol. The largest absolute Gasteiger partial charge is 0.378 e. The van der Waals surface area contributed by atoms with Gasteiger partial charge in [0.15, 0.2) is 0 Å². The van der Waals surface area contributed by atoms with Gasteiger partial charge < -0.3 is 10.2 Å². The predicted molar refractivity (Wildman–Crippen MR) is 81.8 cm³/mol. The van der Waals surface area contributed by atoms with Crippen LogP contribution in [0.5, 0.6) is 0 Å². The van der Waals surface area contributed by atoms with Crippen molar-refractivity contribution in [1.29, 1.82) is 0 Å². The summed E-state index contributed by atoms with van der Waals surface area (Å²) in [5.74, 6) is 0. The molecule has 1 atom stereocenters. The molecule has 19 heavy (non-hydrogen) atoms. The van der Waals surface area contributed by atoms with Gasteiger partial charge in [-0.1, -0.05) is 12.1 Å². The zero-order valence-electron chi connectivity index (χ0n) is 12.0. The highest BCUT2D eigenvalue weighted by Gasteiger charge is 2.05. The van der Waals surface area contributed by atoms with Gasteiger partial charge in [0.25, 0.3) is 0 Å². The zero-order chi connectivity index (χ0) is 13.8. The Morgan fingerprint density at radius 3 is 2.26 bits per heavy atom. The van der Waals surface area contributed by atoms with Crippen molar-refractivity contribution < 1.29 is 0 Å². The van der Waals surface area contributed by atoms with Crippen LogP contribution in [0.3, 0.4) is 0 Å². The molecule has 1 aromatic carbocycles. The second kappa shape index (κ2) is 5.74. The lowest BCUT2D eigenvalue weighted by Crippen LogP contribution is -2.10. The van der Waals surface area contributed by atoms with Crippen LogP contribution in [0, 0.1) is 6.92 Å². The molecule has 1 heterocycles. The molecule has 3 nitrogen and oxygen atoms in total. The molecule has 2 aromatic rings. The third-order valence-electron chi connectivity index (χ3n) is 3.20. The maximum Gasteiger partial charge on any atom is 0.0531 e. The van der Waals surface area contributed by atoms with E-state index in [4.69, 9.17) is 0 Å². The van der Waals surface area contributed by atoms with Crippen molar-refractivity contribution in [3.8, 4) is 0 Å². The molecule has 100 valence electrons. The molecule has 0 radical (unpaired) electrons. The Balaban J connectivity index is 2.07. The van der Waals surface area contributed by atoms with E-state index >= 15 is 0 Å². The molecular weight excluding hydrogens is 234 g/mol. The van der Waals surface area contributed by atoms with E-state index in [2.05, 4.69) is 66.6 Å². The number of hydrogen-bond donors (Lipinski definition) is 1. The Kier molecular flexibility index (Phi) is 4.05. The summed E-state index contributed by atoms with van der Waals surface area (Å²) in [4.78, 5) is 6.40. The first kappa shape index (κ1) is 13.4. The molecule has 0 bridgehead atoms. The van der Waals surface area contributed by atoms with Crippen molar-refractivity contribution in [3.05, 3.63) is 53.9 Å². The number of benzene rings is 1. The van der Waals surface area contributed by atoms with Crippen molar-refractivity contribution in [3.63, 3.8) is 0 Å². The van der Waals surface area contributed by atoms with Crippen molar-refractivity contribution >= 4 is 11.4 Å². The third kappa shape index (κ3) is 3.47. The second-order valence-electron chi connectivity index (χ2n) is 5.04. The van der Waals surface area contributed by atoms with Gasteiger partial charge in [0.2, 0.25) is 0 Å². The van der Waals surface area contributed by atoms with Crippen LogP contribution in [0.15, 0.2) is 42.6 Å². The third-order valence-corrected chi connectivity index (χ3v) is 3.20. The van der Waals surface area contributed by atoms with E-state index < -0.39 is 0 Å². The van der Waals surface area contributed by atoms with E-state index in [1.54, 1.807) is 0 Å². The van der Waals surface area contributed by atoms with Gasteiger partial charge in [-0.25, -0.2) is 0 Å². The fraction of sp³-hybridized carbons (Fsp3) is 0.312. The number of aryl methyl sites for hydroxylation is 1. The van der Waals surface area contributed by atoms with Gasteiger partial charge in [0.05, 0.1) is 11.9 Å². The van der Waals surface area contributed by atoms with Gasteiger partial charge >= 0.3 is 0 Å². The highest BCUT2D eigenvalue weighted by molar-refractivity contribution is 5.48.